The Bertz CT molecular complexity index is 505. The molecule has 1 heterocycles. The molecule has 0 unspecified atom stereocenters. The van der Waals surface area contributed by atoms with E-state index >= 15 is 0 Å². The second kappa shape index (κ2) is 3.90. The van der Waals surface area contributed by atoms with E-state index in [2.05, 4.69) is 4.74 Å². The molecular formula is C10H9F2NO5. The lowest BCUT2D eigenvalue weighted by molar-refractivity contribution is -0.104. The van der Waals surface area contributed by atoms with Gasteiger partial charge in [-0.2, -0.15) is 0 Å². The first-order chi connectivity index (χ1) is 8.33. The zero-order chi connectivity index (χ0) is 13.5. The van der Waals surface area contributed by atoms with Gasteiger partial charge in [0.15, 0.2) is 18.1 Å². The zero-order valence-electron chi connectivity index (χ0n) is 8.85. The number of phenolic OH excluding ortho intramolecular Hbond substituents is 3. The van der Waals surface area contributed by atoms with Crippen molar-refractivity contribution in [2.75, 3.05) is 6.61 Å². The van der Waals surface area contributed by atoms with E-state index in [4.69, 9.17) is 5.11 Å². The summed E-state index contributed by atoms with van der Waals surface area (Å²) in [5, 5.41) is 29.7. The van der Waals surface area contributed by atoms with Crippen LogP contribution in [0.25, 0.3) is 0 Å². The molecule has 2 rings (SSSR count). The molecule has 8 heteroatoms. The Balaban J connectivity index is 2.47. The molecule has 98 valence electrons. The molecule has 0 bridgehead atoms. The third kappa shape index (κ3) is 1.85. The number of hydrogen-bond acceptors (Lipinski definition) is 5. The number of rotatable bonds is 1. The van der Waals surface area contributed by atoms with Crippen LogP contribution in [-0.4, -0.2) is 33.9 Å². The van der Waals surface area contributed by atoms with Crippen molar-refractivity contribution in [3.8, 4) is 17.2 Å². The maximum absolute atomic E-state index is 13.5. The highest BCUT2D eigenvalue weighted by Crippen LogP contribution is 2.44. The molecule has 1 aliphatic heterocycles. The Labute approximate surface area is 99.4 Å². The van der Waals surface area contributed by atoms with Crippen molar-refractivity contribution in [1.29, 1.82) is 0 Å². The standard InChI is InChI=1S/C10H9F2NO5/c11-10(12)3-18-9(17)13-8(10)4-1-2-5(14)7(16)6(4)15/h1-2,8,14-16H,3H2,(H,13,17)/t8-/m0/s1. The first-order valence-corrected chi connectivity index (χ1v) is 4.88. The summed E-state index contributed by atoms with van der Waals surface area (Å²) >= 11 is 0. The van der Waals surface area contributed by atoms with Crippen LogP contribution < -0.4 is 5.32 Å². The number of carbonyl (C=O) groups is 1. The van der Waals surface area contributed by atoms with Gasteiger partial charge in [-0.1, -0.05) is 0 Å². The molecule has 1 saturated heterocycles. The molecule has 1 aliphatic rings. The van der Waals surface area contributed by atoms with Crippen molar-refractivity contribution in [3.63, 3.8) is 0 Å². The minimum absolute atomic E-state index is 0.410. The second-order valence-corrected chi connectivity index (χ2v) is 3.79. The molecule has 1 atom stereocenters. The predicted molar refractivity (Wildman–Crippen MR) is 53.6 cm³/mol. The third-order valence-corrected chi connectivity index (χ3v) is 2.55. The van der Waals surface area contributed by atoms with E-state index in [1.807, 2.05) is 5.32 Å². The minimum atomic E-state index is -3.45. The fourth-order valence-electron chi connectivity index (χ4n) is 1.63. The monoisotopic (exact) mass is 261 g/mol. The normalized spacial score (nSPS) is 22.1. The van der Waals surface area contributed by atoms with Crippen molar-refractivity contribution in [2.45, 2.75) is 12.0 Å². The van der Waals surface area contributed by atoms with Gasteiger partial charge in [0.1, 0.15) is 6.04 Å². The van der Waals surface area contributed by atoms with E-state index in [0.29, 0.717) is 0 Å². The molecule has 0 saturated carbocycles. The second-order valence-electron chi connectivity index (χ2n) is 3.79. The van der Waals surface area contributed by atoms with E-state index in [1.54, 1.807) is 0 Å². The van der Waals surface area contributed by atoms with Gasteiger partial charge in [0.25, 0.3) is 0 Å². The number of alkyl halides is 2. The highest BCUT2D eigenvalue weighted by Gasteiger charge is 2.48. The van der Waals surface area contributed by atoms with E-state index in [0.717, 1.165) is 12.1 Å². The largest absolute Gasteiger partial charge is 0.504 e. The smallest absolute Gasteiger partial charge is 0.408 e. The molecule has 1 fully saturated rings. The summed E-state index contributed by atoms with van der Waals surface area (Å²) in [5.41, 5.74) is -0.410. The molecule has 1 aromatic rings. The molecule has 1 amide bonds. The summed E-state index contributed by atoms with van der Waals surface area (Å²) in [5.74, 6) is -5.95. The third-order valence-electron chi connectivity index (χ3n) is 2.55. The minimum Gasteiger partial charge on any atom is -0.504 e. The number of carbonyl (C=O) groups excluding carboxylic acids is 1. The van der Waals surface area contributed by atoms with Gasteiger partial charge in [-0.05, 0) is 12.1 Å². The van der Waals surface area contributed by atoms with Crippen LogP contribution in [0.2, 0.25) is 0 Å². The molecule has 0 aromatic heterocycles. The number of aromatic hydroxyl groups is 3. The van der Waals surface area contributed by atoms with Gasteiger partial charge in [0.05, 0.1) is 0 Å². The molecule has 0 spiro atoms. The summed E-state index contributed by atoms with van der Waals surface area (Å²) in [7, 11) is 0. The van der Waals surface area contributed by atoms with Crippen molar-refractivity contribution >= 4 is 6.09 Å². The number of cyclic esters (lactones) is 1. The Morgan fingerprint density at radius 3 is 2.61 bits per heavy atom. The van der Waals surface area contributed by atoms with Crippen molar-refractivity contribution in [2.24, 2.45) is 0 Å². The number of halogens is 2. The molecule has 18 heavy (non-hydrogen) atoms. The first kappa shape index (κ1) is 12.2. The van der Waals surface area contributed by atoms with Crippen molar-refractivity contribution < 1.29 is 33.6 Å². The van der Waals surface area contributed by atoms with Crippen LogP contribution in [0.5, 0.6) is 17.2 Å². The van der Waals surface area contributed by atoms with Crippen molar-refractivity contribution in [1.82, 2.24) is 5.32 Å². The highest BCUT2D eigenvalue weighted by molar-refractivity contribution is 5.70. The van der Waals surface area contributed by atoms with E-state index in [1.165, 1.54) is 0 Å². The van der Waals surface area contributed by atoms with Gasteiger partial charge in [-0.25, -0.2) is 13.6 Å². The summed E-state index contributed by atoms with van der Waals surface area (Å²) in [6.45, 7) is -1.13. The maximum atomic E-state index is 13.5. The molecule has 1 aromatic carbocycles. The topological polar surface area (TPSA) is 99.0 Å². The van der Waals surface area contributed by atoms with Crippen LogP contribution in [0.1, 0.15) is 11.6 Å². The lowest BCUT2D eigenvalue weighted by Crippen LogP contribution is -2.49. The Morgan fingerprint density at radius 1 is 1.28 bits per heavy atom. The van der Waals surface area contributed by atoms with Crippen LogP contribution in [0, 0.1) is 0 Å². The van der Waals surface area contributed by atoms with Crippen LogP contribution in [0.15, 0.2) is 12.1 Å². The highest BCUT2D eigenvalue weighted by atomic mass is 19.3. The number of ether oxygens (including phenoxy) is 1. The number of benzene rings is 1. The number of alkyl carbamates (subject to hydrolysis) is 1. The number of amides is 1. The molecule has 4 N–H and O–H groups in total. The zero-order valence-corrected chi connectivity index (χ0v) is 8.85. The number of phenols is 3. The maximum Gasteiger partial charge on any atom is 0.408 e. The average molecular weight is 261 g/mol. The summed E-state index contributed by atoms with van der Waals surface area (Å²) in [4.78, 5) is 10.9. The fourth-order valence-corrected chi connectivity index (χ4v) is 1.63. The van der Waals surface area contributed by atoms with Gasteiger partial charge >= 0.3 is 12.0 Å². The Hall–Kier alpha value is -2.25. The summed E-state index contributed by atoms with van der Waals surface area (Å²) < 4.78 is 31.2. The van der Waals surface area contributed by atoms with Crippen LogP contribution in [0.3, 0.4) is 0 Å². The van der Waals surface area contributed by atoms with Crippen LogP contribution in [-0.2, 0) is 4.74 Å². The molecule has 0 radical (unpaired) electrons. The van der Waals surface area contributed by atoms with Gasteiger partial charge in [-0.3, -0.25) is 0 Å². The van der Waals surface area contributed by atoms with Gasteiger partial charge < -0.3 is 25.4 Å². The Kier molecular flexibility index (Phi) is 2.64. The molecule has 6 nitrogen and oxygen atoms in total. The van der Waals surface area contributed by atoms with Gasteiger partial charge in [0, 0.05) is 5.56 Å². The van der Waals surface area contributed by atoms with E-state index < -0.39 is 47.5 Å². The quantitative estimate of drug-likeness (QED) is 0.570. The molecular weight excluding hydrogens is 252 g/mol. The SMILES string of the molecule is O=C1N[C@@H](c2ccc(O)c(O)c2O)C(F)(F)CO1. The first-order valence-electron chi connectivity index (χ1n) is 4.88. The van der Waals surface area contributed by atoms with Gasteiger partial charge in [0.2, 0.25) is 5.75 Å². The lowest BCUT2D eigenvalue weighted by atomic mass is 9.98. The van der Waals surface area contributed by atoms with Crippen molar-refractivity contribution in [3.05, 3.63) is 17.7 Å². The van der Waals surface area contributed by atoms with Crippen LogP contribution in [0.4, 0.5) is 13.6 Å². The van der Waals surface area contributed by atoms with E-state index in [-0.39, 0.29) is 0 Å². The number of nitrogens with one attached hydrogen (secondary N) is 1. The summed E-state index contributed by atoms with van der Waals surface area (Å²) in [6, 6.07) is 0.0710. The number of hydrogen-bond donors (Lipinski definition) is 4. The Morgan fingerprint density at radius 2 is 1.94 bits per heavy atom. The van der Waals surface area contributed by atoms with E-state index in [9.17, 15) is 23.8 Å². The summed E-state index contributed by atoms with van der Waals surface area (Å²) in [6.07, 6.45) is -1.06. The molecule has 0 aliphatic carbocycles. The average Bonchev–Trinajstić information content (AvgIpc) is 2.30. The van der Waals surface area contributed by atoms with Crippen LogP contribution >= 0.6 is 0 Å². The lowest BCUT2D eigenvalue weighted by Gasteiger charge is -2.32. The predicted octanol–water partition coefficient (Wildman–Crippen LogP) is 1.22. The van der Waals surface area contributed by atoms with Gasteiger partial charge in [-0.15, -0.1) is 0 Å². The fraction of sp³-hybridized carbons (Fsp3) is 0.300.